The molecule has 0 N–H and O–H groups in total. The normalized spacial score (nSPS) is 18.0. The minimum atomic E-state index is -0.0716. The van der Waals surface area contributed by atoms with E-state index in [1.165, 1.54) is 6.20 Å². The zero-order valence-electron chi connectivity index (χ0n) is 12.2. The topological polar surface area (TPSA) is 71.9 Å². The minimum absolute atomic E-state index is 0.0716. The van der Waals surface area contributed by atoms with Gasteiger partial charge in [0.15, 0.2) is 0 Å². The highest BCUT2D eigenvalue weighted by Gasteiger charge is 2.30. The van der Waals surface area contributed by atoms with Gasteiger partial charge in [0.1, 0.15) is 11.5 Å². The predicted octanol–water partition coefficient (Wildman–Crippen LogP) is 1.51. The Hall–Kier alpha value is -2.37. The maximum Gasteiger partial charge on any atom is 0.274 e. The van der Waals surface area contributed by atoms with E-state index in [-0.39, 0.29) is 11.8 Å². The van der Waals surface area contributed by atoms with Crippen molar-refractivity contribution in [3.63, 3.8) is 0 Å². The highest BCUT2D eigenvalue weighted by Crippen LogP contribution is 2.25. The van der Waals surface area contributed by atoms with Crippen molar-refractivity contribution in [2.24, 2.45) is 0 Å². The van der Waals surface area contributed by atoms with Crippen LogP contribution in [0, 0.1) is 13.8 Å². The van der Waals surface area contributed by atoms with Gasteiger partial charge in [-0.15, -0.1) is 0 Å². The fraction of sp³-hybridized carbons (Fsp3) is 0.400. The molecule has 0 aromatic carbocycles. The van der Waals surface area contributed by atoms with E-state index in [0.717, 1.165) is 23.6 Å². The first kappa shape index (κ1) is 13.6. The first-order chi connectivity index (χ1) is 10.1. The molecule has 3 heterocycles. The zero-order valence-corrected chi connectivity index (χ0v) is 12.2. The first-order valence-corrected chi connectivity index (χ1v) is 7.01. The lowest BCUT2D eigenvalue weighted by Gasteiger charge is -2.15. The second-order valence-electron chi connectivity index (χ2n) is 5.34. The van der Waals surface area contributed by atoms with Gasteiger partial charge in [0.25, 0.3) is 5.91 Å². The smallest absolute Gasteiger partial charge is 0.274 e. The second kappa shape index (κ2) is 5.55. The molecule has 1 atom stereocenters. The molecule has 1 amide bonds. The Labute approximate surface area is 123 Å². The predicted molar refractivity (Wildman–Crippen MR) is 76.8 cm³/mol. The number of carbonyl (C=O) groups is 1. The van der Waals surface area contributed by atoms with Crippen molar-refractivity contribution in [2.45, 2.75) is 26.2 Å². The largest absolute Gasteiger partial charge is 0.337 e. The van der Waals surface area contributed by atoms with Crippen LogP contribution in [0.5, 0.6) is 0 Å². The van der Waals surface area contributed by atoms with Gasteiger partial charge < -0.3 is 4.90 Å². The van der Waals surface area contributed by atoms with Crippen molar-refractivity contribution in [2.75, 3.05) is 13.1 Å². The molecular formula is C15H17N5O. The van der Waals surface area contributed by atoms with E-state index in [1.807, 2.05) is 19.9 Å². The molecule has 0 radical (unpaired) electrons. The van der Waals surface area contributed by atoms with Gasteiger partial charge in [-0.1, -0.05) is 0 Å². The van der Waals surface area contributed by atoms with Crippen molar-refractivity contribution in [1.29, 1.82) is 0 Å². The van der Waals surface area contributed by atoms with Crippen molar-refractivity contribution in [3.05, 3.63) is 47.6 Å². The van der Waals surface area contributed by atoms with E-state index in [2.05, 4.69) is 19.9 Å². The first-order valence-electron chi connectivity index (χ1n) is 7.01. The van der Waals surface area contributed by atoms with Crippen molar-refractivity contribution in [3.8, 4) is 0 Å². The summed E-state index contributed by atoms with van der Waals surface area (Å²) in [5.41, 5.74) is 2.15. The molecule has 0 spiro atoms. The quantitative estimate of drug-likeness (QED) is 0.835. The molecule has 0 saturated carbocycles. The van der Waals surface area contributed by atoms with E-state index in [4.69, 9.17) is 0 Å². The van der Waals surface area contributed by atoms with E-state index in [0.29, 0.717) is 18.8 Å². The standard InChI is InChI=1S/C15H17N5O/c1-10-3-5-16-14(19-10)12-4-6-20(9-12)15(21)13-8-17-11(2)7-18-13/h3,5,7-8,12H,4,6,9H2,1-2H3. The van der Waals surface area contributed by atoms with Gasteiger partial charge in [-0.2, -0.15) is 0 Å². The Kier molecular flexibility index (Phi) is 3.60. The molecule has 2 aromatic heterocycles. The summed E-state index contributed by atoms with van der Waals surface area (Å²) < 4.78 is 0. The molecular weight excluding hydrogens is 266 g/mol. The van der Waals surface area contributed by atoms with Gasteiger partial charge >= 0.3 is 0 Å². The summed E-state index contributed by atoms with van der Waals surface area (Å²) in [6.45, 7) is 5.14. The van der Waals surface area contributed by atoms with Crippen LogP contribution < -0.4 is 0 Å². The fourth-order valence-corrected chi connectivity index (χ4v) is 2.49. The average Bonchev–Trinajstić information content (AvgIpc) is 2.97. The van der Waals surface area contributed by atoms with Crippen LogP contribution in [0.25, 0.3) is 0 Å². The van der Waals surface area contributed by atoms with Crippen LogP contribution in [0.2, 0.25) is 0 Å². The lowest BCUT2D eigenvalue weighted by molar-refractivity contribution is 0.0784. The Balaban J connectivity index is 1.72. The number of hydrogen-bond donors (Lipinski definition) is 0. The van der Waals surface area contributed by atoms with E-state index < -0.39 is 0 Å². The number of amides is 1. The molecule has 1 fully saturated rings. The summed E-state index contributed by atoms with van der Waals surface area (Å²) in [5, 5.41) is 0. The highest BCUT2D eigenvalue weighted by atomic mass is 16.2. The number of aromatic nitrogens is 4. The third-order valence-corrected chi connectivity index (χ3v) is 3.65. The molecule has 108 valence electrons. The van der Waals surface area contributed by atoms with Gasteiger partial charge in [-0.25, -0.2) is 15.0 Å². The number of likely N-dealkylation sites (tertiary alicyclic amines) is 1. The van der Waals surface area contributed by atoms with Crippen LogP contribution in [-0.4, -0.2) is 43.8 Å². The summed E-state index contributed by atoms with van der Waals surface area (Å²) in [4.78, 5) is 31.2. The third-order valence-electron chi connectivity index (χ3n) is 3.65. The van der Waals surface area contributed by atoms with Gasteiger partial charge in [0.2, 0.25) is 0 Å². The van der Waals surface area contributed by atoms with Crippen LogP contribution in [0.4, 0.5) is 0 Å². The number of rotatable bonds is 2. The fourth-order valence-electron chi connectivity index (χ4n) is 2.49. The lowest BCUT2D eigenvalue weighted by atomic mass is 10.1. The van der Waals surface area contributed by atoms with Crippen LogP contribution in [-0.2, 0) is 0 Å². The molecule has 6 nitrogen and oxygen atoms in total. The zero-order chi connectivity index (χ0) is 14.8. The summed E-state index contributed by atoms with van der Waals surface area (Å²) >= 11 is 0. The minimum Gasteiger partial charge on any atom is -0.337 e. The summed E-state index contributed by atoms with van der Waals surface area (Å²) in [5.74, 6) is 0.949. The number of aryl methyl sites for hydroxylation is 2. The summed E-state index contributed by atoms with van der Waals surface area (Å²) in [6, 6.07) is 1.88. The number of hydrogen-bond acceptors (Lipinski definition) is 5. The molecule has 1 saturated heterocycles. The van der Waals surface area contributed by atoms with Crippen molar-refractivity contribution in [1.82, 2.24) is 24.8 Å². The molecule has 2 aromatic rings. The monoisotopic (exact) mass is 283 g/mol. The van der Waals surface area contributed by atoms with E-state index >= 15 is 0 Å². The van der Waals surface area contributed by atoms with Gasteiger partial charge in [-0.05, 0) is 26.3 Å². The molecule has 3 rings (SSSR count). The third kappa shape index (κ3) is 2.89. The Bertz CT molecular complexity index is 655. The SMILES string of the molecule is Cc1cnc(C(=O)N2CCC(c3nccc(C)n3)C2)cn1. The number of carbonyl (C=O) groups excluding carboxylic acids is 1. The Morgan fingerprint density at radius 1 is 1.19 bits per heavy atom. The van der Waals surface area contributed by atoms with Crippen LogP contribution >= 0.6 is 0 Å². The molecule has 1 unspecified atom stereocenters. The maximum absolute atomic E-state index is 12.4. The van der Waals surface area contributed by atoms with Gasteiger partial charge in [0, 0.05) is 37.1 Å². The van der Waals surface area contributed by atoms with E-state index in [1.54, 1.807) is 17.3 Å². The van der Waals surface area contributed by atoms with Crippen LogP contribution in [0.3, 0.4) is 0 Å². The van der Waals surface area contributed by atoms with Crippen molar-refractivity contribution >= 4 is 5.91 Å². The average molecular weight is 283 g/mol. The molecule has 6 heteroatoms. The molecule has 1 aliphatic heterocycles. The van der Waals surface area contributed by atoms with Crippen molar-refractivity contribution < 1.29 is 4.79 Å². The number of nitrogens with zero attached hydrogens (tertiary/aromatic N) is 5. The molecule has 1 aliphatic rings. The second-order valence-corrected chi connectivity index (χ2v) is 5.34. The van der Waals surface area contributed by atoms with Gasteiger partial charge in [0.05, 0.1) is 11.9 Å². The van der Waals surface area contributed by atoms with E-state index in [9.17, 15) is 4.79 Å². The summed E-state index contributed by atoms with van der Waals surface area (Å²) in [7, 11) is 0. The Morgan fingerprint density at radius 3 is 2.76 bits per heavy atom. The maximum atomic E-state index is 12.4. The van der Waals surface area contributed by atoms with Crippen LogP contribution in [0.1, 0.15) is 40.0 Å². The van der Waals surface area contributed by atoms with Gasteiger partial charge in [-0.3, -0.25) is 9.78 Å². The lowest BCUT2D eigenvalue weighted by Crippen LogP contribution is -2.29. The molecule has 0 bridgehead atoms. The molecule has 0 aliphatic carbocycles. The van der Waals surface area contributed by atoms with Crippen LogP contribution in [0.15, 0.2) is 24.7 Å². The Morgan fingerprint density at radius 2 is 2.05 bits per heavy atom. The molecule has 21 heavy (non-hydrogen) atoms. The summed E-state index contributed by atoms with van der Waals surface area (Å²) in [6.07, 6.45) is 5.81. The highest BCUT2D eigenvalue weighted by molar-refractivity contribution is 5.92.